The van der Waals surface area contributed by atoms with Gasteiger partial charge in [-0.1, -0.05) is 29.9 Å². The van der Waals surface area contributed by atoms with Gasteiger partial charge in [-0.05, 0) is 64.3 Å². The Balaban J connectivity index is 1.41. The van der Waals surface area contributed by atoms with E-state index in [0.717, 1.165) is 24.1 Å². The molecule has 2 fully saturated rings. The van der Waals surface area contributed by atoms with E-state index in [2.05, 4.69) is 16.7 Å². The number of thiophene rings is 1. The van der Waals surface area contributed by atoms with Crippen LogP contribution in [0.15, 0.2) is 41.3 Å². The molecule has 1 aromatic heterocycles. The Kier molecular flexibility index (Phi) is 6.38. The molecule has 1 aliphatic carbocycles. The summed E-state index contributed by atoms with van der Waals surface area (Å²) in [5.41, 5.74) is -0.215. The summed E-state index contributed by atoms with van der Waals surface area (Å²) in [5.74, 6) is -1.91. The lowest BCUT2D eigenvalue weighted by molar-refractivity contribution is -0.142. The highest BCUT2D eigenvalue weighted by atomic mass is 32.1. The lowest BCUT2D eigenvalue weighted by atomic mass is 9.74. The third-order valence-electron chi connectivity index (χ3n) is 7.50. The highest BCUT2D eigenvalue weighted by Crippen LogP contribution is 2.55. The van der Waals surface area contributed by atoms with Crippen molar-refractivity contribution in [3.05, 3.63) is 46.2 Å². The number of nitrogens with zero attached hydrogens (tertiary/aromatic N) is 1. The summed E-state index contributed by atoms with van der Waals surface area (Å²) >= 11 is 1.58. The zero-order valence-electron chi connectivity index (χ0n) is 20.7. The summed E-state index contributed by atoms with van der Waals surface area (Å²) in [5, 5.41) is 8.04. The van der Waals surface area contributed by atoms with Crippen molar-refractivity contribution < 1.29 is 19.1 Å². The molecule has 7 nitrogen and oxygen atoms in total. The van der Waals surface area contributed by atoms with E-state index in [9.17, 15) is 14.4 Å². The van der Waals surface area contributed by atoms with Gasteiger partial charge in [0.1, 0.15) is 11.6 Å². The standard InChI is InChI=1S/C27H35N3O4S/c1-26(2,3)29-24(32)22-27-13-11-19(34-27)20(23(31)28-16-18-10-7-15-35-18)21(27)25(33)30(22)14-12-17-8-5-4-6-9-17/h7-8,10-11,13,15,19-22H,4-6,9,12,14,16H2,1-3H3,(H,28,31)(H,29,32)/t19-,20+,21-,22+,27+/m1/s1. The van der Waals surface area contributed by atoms with Gasteiger partial charge in [-0.25, -0.2) is 0 Å². The Bertz CT molecular complexity index is 1060. The second-order valence-corrected chi connectivity index (χ2v) is 12.2. The fourth-order valence-electron chi connectivity index (χ4n) is 6.05. The zero-order valence-corrected chi connectivity index (χ0v) is 21.5. The van der Waals surface area contributed by atoms with Crippen molar-refractivity contribution in [1.29, 1.82) is 0 Å². The van der Waals surface area contributed by atoms with Gasteiger partial charge in [0.25, 0.3) is 0 Å². The molecule has 1 aromatic rings. The number of hydrogen-bond acceptors (Lipinski definition) is 5. The van der Waals surface area contributed by atoms with Crippen LogP contribution in [0.4, 0.5) is 0 Å². The van der Waals surface area contributed by atoms with Gasteiger partial charge < -0.3 is 20.3 Å². The summed E-state index contributed by atoms with van der Waals surface area (Å²) in [7, 11) is 0. The first-order valence-electron chi connectivity index (χ1n) is 12.7. The van der Waals surface area contributed by atoms with Gasteiger partial charge in [-0.2, -0.15) is 0 Å². The number of amides is 3. The van der Waals surface area contributed by atoms with Crippen LogP contribution in [0.2, 0.25) is 0 Å². The molecule has 4 aliphatic rings. The lowest BCUT2D eigenvalue weighted by Crippen LogP contribution is -2.58. The number of carbonyl (C=O) groups excluding carboxylic acids is 3. The van der Waals surface area contributed by atoms with E-state index in [-0.39, 0.29) is 17.7 Å². The molecule has 5 rings (SSSR count). The molecule has 3 amide bonds. The molecule has 188 valence electrons. The van der Waals surface area contributed by atoms with Crippen molar-refractivity contribution in [2.45, 2.75) is 82.7 Å². The number of nitrogens with one attached hydrogen (secondary N) is 2. The molecule has 5 atom stereocenters. The van der Waals surface area contributed by atoms with Crippen LogP contribution < -0.4 is 10.6 Å². The monoisotopic (exact) mass is 497 g/mol. The second-order valence-electron chi connectivity index (χ2n) is 11.1. The quantitative estimate of drug-likeness (QED) is 0.566. The molecule has 2 N–H and O–H groups in total. The highest BCUT2D eigenvalue weighted by Gasteiger charge is 2.72. The third kappa shape index (κ3) is 4.47. The number of hydrogen-bond donors (Lipinski definition) is 2. The second kappa shape index (κ2) is 9.21. The molecule has 0 saturated carbocycles. The lowest BCUT2D eigenvalue weighted by Gasteiger charge is -2.34. The first-order chi connectivity index (χ1) is 16.7. The van der Waals surface area contributed by atoms with E-state index in [1.54, 1.807) is 16.2 Å². The summed E-state index contributed by atoms with van der Waals surface area (Å²) < 4.78 is 6.39. The molecule has 2 bridgehead atoms. The van der Waals surface area contributed by atoms with E-state index in [4.69, 9.17) is 4.74 Å². The van der Waals surface area contributed by atoms with Gasteiger partial charge in [0, 0.05) is 17.0 Å². The molecule has 3 aliphatic heterocycles. The minimum absolute atomic E-state index is 0.154. The Hall–Kier alpha value is -2.45. The maximum atomic E-state index is 13.9. The number of carbonyl (C=O) groups is 3. The van der Waals surface area contributed by atoms with Gasteiger partial charge in [0.2, 0.25) is 17.7 Å². The van der Waals surface area contributed by atoms with Crippen LogP contribution in [-0.4, -0.2) is 52.5 Å². The largest absolute Gasteiger partial charge is 0.359 e. The third-order valence-corrected chi connectivity index (χ3v) is 8.38. The number of rotatable bonds is 7. The molecule has 2 saturated heterocycles. The maximum absolute atomic E-state index is 13.9. The molecule has 0 radical (unpaired) electrons. The molecule has 0 unspecified atom stereocenters. The average Bonchev–Trinajstić information content (AvgIpc) is 3.57. The highest BCUT2D eigenvalue weighted by molar-refractivity contribution is 7.09. The molecular formula is C27H35N3O4S. The molecule has 0 aromatic carbocycles. The fraction of sp³-hybridized carbons (Fsp3) is 0.593. The molecule has 4 heterocycles. The van der Waals surface area contributed by atoms with Crippen LogP contribution in [0.5, 0.6) is 0 Å². The first-order valence-corrected chi connectivity index (χ1v) is 13.6. The van der Waals surface area contributed by atoms with Gasteiger partial charge in [-0.15, -0.1) is 11.3 Å². The number of ether oxygens (including phenoxy) is 1. The van der Waals surface area contributed by atoms with Crippen LogP contribution >= 0.6 is 11.3 Å². The van der Waals surface area contributed by atoms with Gasteiger partial charge in [-0.3, -0.25) is 14.4 Å². The minimum atomic E-state index is -1.11. The van der Waals surface area contributed by atoms with E-state index >= 15 is 0 Å². The summed E-state index contributed by atoms with van der Waals surface area (Å²) in [4.78, 5) is 43.6. The van der Waals surface area contributed by atoms with Crippen LogP contribution in [-0.2, 0) is 25.7 Å². The van der Waals surface area contributed by atoms with Crippen molar-refractivity contribution in [3.8, 4) is 0 Å². The Morgan fingerprint density at radius 3 is 2.77 bits per heavy atom. The van der Waals surface area contributed by atoms with Crippen molar-refractivity contribution in [1.82, 2.24) is 15.5 Å². The topological polar surface area (TPSA) is 87.7 Å². The summed E-state index contributed by atoms with van der Waals surface area (Å²) in [6.07, 6.45) is 10.7. The van der Waals surface area contributed by atoms with E-state index in [0.29, 0.717) is 13.1 Å². The predicted octanol–water partition coefficient (Wildman–Crippen LogP) is 3.32. The number of fused-ring (bicyclic) bond motifs is 1. The Labute approximate surface area is 211 Å². The smallest absolute Gasteiger partial charge is 0.246 e. The van der Waals surface area contributed by atoms with Gasteiger partial charge in [0.15, 0.2) is 0 Å². The van der Waals surface area contributed by atoms with Crippen LogP contribution in [0.1, 0.15) is 57.8 Å². The van der Waals surface area contributed by atoms with Gasteiger partial charge in [0.05, 0.1) is 24.5 Å². The van der Waals surface area contributed by atoms with Crippen LogP contribution in [0.3, 0.4) is 0 Å². The van der Waals surface area contributed by atoms with Crippen molar-refractivity contribution in [3.63, 3.8) is 0 Å². The molecular weight excluding hydrogens is 462 g/mol. The van der Waals surface area contributed by atoms with Crippen LogP contribution in [0, 0.1) is 11.8 Å². The minimum Gasteiger partial charge on any atom is -0.359 e. The van der Waals surface area contributed by atoms with Gasteiger partial charge >= 0.3 is 0 Å². The van der Waals surface area contributed by atoms with Crippen molar-refractivity contribution >= 4 is 29.1 Å². The molecule has 8 heteroatoms. The SMILES string of the molecule is CC(C)(C)NC(=O)[C@@H]1N(CCC2=CCCCC2)C(=O)[C@H]2[C@@H](C(=O)NCc3cccs3)[C@H]3C=C[C@@]12O3. The fourth-order valence-corrected chi connectivity index (χ4v) is 6.69. The van der Waals surface area contributed by atoms with E-state index in [1.165, 1.54) is 18.4 Å². The first kappa shape index (κ1) is 24.3. The Morgan fingerprint density at radius 2 is 2.09 bits per heavy atom. The van der Waals surface area contributed by atoms with E-state index < -0.39 is 35.1 Å². The average molecular weight is 498 g/mol. The van der Waals surface area contributed by atoms with Crippen molar-refractivity contribution in [2.24, 2.45) is 11.8 Å². The number of allylic oxidation sites excluding steroid dienone is 1. The molecule has 35 heavy (non-hydrogen) atoms. The normalized spacial score (nSPS) is 31.5. The van der Waals surface area contributed by atoms with Crippen molar-refractivity contribution in [2.75, 3.05) is 6.54 Å². The maximum Gasteiger partial charge on any atom is 0.246 e. The molecule has 1 spiro atoms. The predicted molar refractivity (Wildman–Crippen MR) is 134 cm³/mol. The number of likely N-dealkylation sites (tertiary alicyclic amines) is 1. The Morgan fingerprint density at radius 1 is 1.26 bits per heavy atom. The summed E-state index contributed by atoms with van der Waals surface area (Å²) in [6, 6.07) is 3.13. The zero-order chi connectivity index (χ0) is 24.8. The summed E-state index contributed by atoms with van der Waals surface area (Å²) in [6.45, 7) is 6.66. The van der Waals surface area contributed by atoms with E-state index in [1.807, 2.05) is 50.4 Å². The van der Waals surface area contributed by atoms with Crippen LogP contribution in [0.25, 0.3) is 0 Å².